The van der Waals surface area contributed by atoms with Gasteiger partial charge in [0, 0.05) is 19.1 Å². The number of rotatable bonds is 3. The van der Waals surface area contributed by atoms with Crippen LogP contribution < -0.4 is 5.32 Å². The van der Waals surface area contributed by atoms with E-state index in [1.54, 1.807) is 0 Å². The fourth-order valence-corrected chi connectivity index (χ4v) is 3.97. The van der Waals surface area contributed by atoms with E-state index < -0.39 is 0 Å². The Labute approximate surface area is 129 Å². The molecule has 3 atom stereocenters. The molecule has 4 nitrogen and oxygen atoms in total. The molecular formula is C17H32N2O2. The number of hydrogen-bond acceptors (Lipinski definition) is 2. The topological polar surface area (TPSA) is 52.6 Å². The van der Waals surface area contributed by atoms with E-state index in [1.807, 2.05) is 11.8 Å². The van der Waals surface area contributed by atoms with Gasteiger partial charge in [0.25, 0.3) is 0 Å². The quantitative estimate of drug-likeness (QED) is 0.841. The summed E-state index contributed by atoms with van der Waals surface area (Å²) >= 11 is 0. The Balaban J connectivity index is 1.83. The Morgan fingerprint density at radius 3 is 2.29 bits per heavy atom. The van der Waals surface area contributed by atoms with E-state index in [-0.39, 0.29) is 12.1 Å². The predicted molar refractivity (Wildman–Crippen MR) is 85.1 cm³/mol. The summed E-state index contributed by atoms with van der Waals surface area (Å²) in [6, 6.07) is 0.456. The van der Waals surface area contributed by atoms with Crippen molar-refractivity contribution in [1.29, 1.82) is 0 Å². The first-order valence-corrected chi connectivity index (χ1v) is 8.72. The lowest BCUT2D eigenvalue weighted by molar-refractivity contribution is 0.0777. The number of carbonyl (C=O) groups excluding carboxylic acids is 1. The predicted octanol–water partition coefficient (Wildman–Crippen LogP) is 3.00. The molecule has 2 rings (SSSR count). The van der Waals surface area contributed by atoms with Crippen molar-refractivity contribution < 1.29 is 9.90 Å². The molecule has 2 aliphatic rings. The molecule has 1 aliphatic carbocycles. The third kappa shape index (κ3) is 4.35. The first-order chi connectivity index (χ1) is 9.99. The molecule has 0 radical (unpaired) electrons. The summed E-state index contributed by atoms with van der Waals surface area (Å²) in [5, 5.41) is 12.9. The number of carbonyl (C=O) groups is 1. The number of hydrogen-bond donors (Lipinski definition) is 2. The molecule has 1 saturated carbocycles. The zero-order chi connectivity index (χ0) is 15.4. The summed E-state index contributed by atoms with van der Waals surface area (Å²) in [5.74, 6) is 1.61. The van der Waals surface area contributed by atoms with Gasteiger partial charge in [-0.05, 0) is 50.4 Å². The summed E-state index contributed by atoms with van der Waals surface area (Å²) in [6.45, 7) is 7.95. The van der Waals surface area contributed by atoms with Crippen molar-refractivity contribution in [2.75, 3.05) is 13.1 Å². The van der Waals surface area contributed by atoms with E-state index in [0.717, 1.165) is 32.4 Å². The lowest BCUT2D eigenvalue weighted by Crippen LogP contribution is -2.51. The van der Waals surface area contributed by atoms with Gasteiger partial charge in [-0.3, -0.25) is 0 Å². The van der Waals surface area contributed by atoms with Gasteiger partial charge < -0.3 is 15.3 Å². The Morgan fingerprint density at radius 1 is 1.10 bits per heavy atom. The fraction of sp³-hybridized carbons (Fsp3) is 0.941. The number of nitrogens with zero attached hydrogens (tertiary/aromatic N) is 1. The molecule has 1 heterocycles. The minimum atomic E-state index is -0.251. The number of aliphatic hydroxyl groups excluding tert-OH is 1. The van der Waals surface area contributed by atoms with Crippen LogP contribution in [0.1, 0.15) is 59.3 Å². The second-order valence-corrected chi connectivity index (χ2v) is 7.31. The Morgan fingerprint density at radius 2 is 1.71 bits per heavy atom. The normalized spacial score (nSPS) is 29.5. The molecule has 2 amide bonds. The smallest absolute Gasteiger partial charge is 0.317 e. The van der Waals surface area contributed by atoms with Crippen LogP contribution in [0.4, 0.5) is 4.79 Å². The molecule has 4 heteroatoms. The van der Waals surface area contributed by atoms with Gasteiger partial charge in [-0.25, -0.2) is 4.79 Å². The zero-order valence-corrected chi connectivity index (χ0v) is 13.8. The highest BCUT2D eigenvalue weighted by Crippen LogP contribution is 2.30. The third-order valence-corrected chi connectivity index (χ3v) is 5.49. The molecule has 0 aromatic carbocycles. The maximum absolute atomic E-state index is 12.5. The molecule has 2 fully saturated rings. The van der Waals surface area contributed by atoms with Crippen LogP contribution in [0.2, 0.25) is 0 Å². The van der Waals surface area contributed by atoms with Gasteiger partial charge in [-0.2, -0.15) is 0 Å². The standard InChI is InChI=1S/C17H32N2O2/c1-12(2)15-6-4-5-7-16(15)18-17(21)19-10-8-14(9-11-19)13(3)20/h12-16,20H,4-11H2,1-3H3,(H,18,21). The first-order valence-electron chi connectivity index (χ1n) is 8.72. The van der Waals surface area contributed by atoms with Crippen molar-refractivity contribution in [3.63, 3.8) is 0 Å². The second-order valence-electron chi connectivity index (χ2n) is 7.31. The van der Waals surface area contributed by atoms with Crippen molar-refractivity contribution in [2.24, 2.45) is 17.8 Å². The highest BCUT2D eigenvalue weighted by Gasteiger charge is 2.31. The number of likely N-dealkylation sites (tertiary alicyclic amines) is 1. The number of nitrogens with one attached hydrogen (secondary N) is 1. The summed E-state index contributed by atoms with van der Waals surface area (Å²) in [7, 11) is 0. The second kappa shape index (κ2) is 7.48. The van der Waals surface area contributed by atoms with Gasteiger partial charge in [-0.1, -0.05) is 26.7 Å². The molecule has 1 aliphatic heterocycles. The van der Waals surface area contributed by atoms with Crippen molar-refractivity contribution in [3.05, 3.63) is 0 Å². The molecule has 122 valence electrons. The van der Waals surface area contributed by atoms with Crippen LogP contribution in [0.25, 0.3) is 0 Å². The van der Waals surface area contributed by atoms with Crippen LogP contribution in [0.15, 0.2) is 0 Å². The van der Waals surface area contributed by atoms with E-state index in [1.165, 1.54) is 19.3 Å². The van der Waals surface area contributed by atoms with E-state index in [9.17, 15) is 9.90 Å². The Kier molecular flexibility index (Phi) is 5.91. The number of aliphatic hydroxyl groups is 1. The molecule has 0 aromatic heterocycles. The molecule has 0 bridgehead atoms. The molecule has 0 aromatic rings. The molecule has 21 heavy (non-hydrogen) atoms. The minimum absolute atomic E-state index is 0.108. The number of amides is 2. The van der Waals surface area contributed by atoms with Crippen LogP contribution in [0.5, 0.6) is 0 Å². The maximum Gasteiger partial charge on any atom is 0.317 e. The lowest BCUT2D eigenvalue weighted by atomic mass is 9.78. The van der Waals surface area contributed by atoms with E-state index in [0.29, 0.717) is 23.8 Å². The van der Waals surface area contributed by atoms with Crippen molar-refractivity contribution in [1.82, 2.24) is 10.2 Å². The van der Waals surface area contributed by atoms with Crippen LogP contribution in [-0.4, -0.2) is 41.3 Å². The average Bonchev–Trinajstić information content (AvgIpc) is 2.47. The van der Waals surface area contributed by atoms with Gasteiger partial charge in [-0.15, -0.1) is 0 Å². The summed E-state index contributed by atoms with van der Waals surface area (Å²) in [4.78, 5) is 14.4. The van der Waals surface area contributed by atoms with Gasteiger partial charge >= 0.3 is 6.03 Å². The van der Waals surface area contributed by atoms with Crippen molar-refractivity contribution in [2.45, 2.75) is 71.4 Å². The van der Waals surface area contributed by atoms with Crippen LogP contribution in [-0.2, 0) is 0 Å². The minimum Gasteiger partial charge on any atom is -0.393 e. The van der Waals surface area contributed by atoms with E-state index in [2.05, 4.69) is 19.2 Å². The Hall–Kier alpha value is -0.770. The summed E-state index contributed by atoms with van der Waals surface area (Å²) < 4.78 is 0. The third-order valence-electron chi connectivity index (χ3n) is 5.49. The Bertz CT molecular complexity index is 336. The van der Waals surface area contributed by atoms with Gasteiger partial charge in [0.1, 0.15) is 0 Å². The summed E-state index contributed by atoms with van der Waals surface area (Å²) in [6.07, 6.45) is 6.49. The maximum atomic E-state index is 12.5. The van der Waals surface area contributed by atoms with Gasteiger partial charge in [0.05, 0.1) is 6.10 Å². The largest absolute Gasteiger partial charge is 0.393 e. The SMILES string of the molecule is CC(C)C1CCCCC1NC(=O)N1CCC(C(C)O)CC1. The number of piperidine rings is 1. The fourth-order valence-electron chi connectivity index (χ4n) is 3.97. The van der Waals surface area contributed by atoms with E-state index >= 15 is 0 Å². The van der Waals surface area contributed by atoms with Crippen molar-refractivity contribution >= 4 is 6.03 Å². The zero-order valence-electron chi connectivity index (χ0n) is 13.8. The molecule has 1 saturated heterocycles. The molecule has 3 unspecified atom stereocenters. The summed E-state index contributed by atoms with van der Waals surface area (Å²) in [5.41, 5.74) is 0. The molecule has 0 spiro atoms. The van der Waals surface area contributed by atoms with Crippen molar-refractivity contribution in [3.8, 4) is 0 Å². The average molecular weight is 296 g/mol. The van der Waals surface area contributed by atoms with E-state index in [4.69, 9.17) is 0 Å². The monoisotopic (exact) mass is 296 g/mol. The highest BCUT2D eigenvalue weighted by atomic mass is 16.3. The highest BCUT2D eigenvalue weighted by molar-refractivity contribution is 5.74. The van der Waals surface area contributed by atoms with Gasteiger partial charge in [0.15, 0.2) is 0 Å². The van der Waals surface area contributed by atoms with Gasteiger partial charge in [0.2, 0.25) is 0 Å². The number of urea groups is 1. The first kappa shape index (κ1) is 16.6. The van der Waals surface area contributed by atoms with Crippen LogP contribution in [0, 0.1) is 17.8 Å². The molecular weight excluding hydrogens is 264 g/mol. The molecule has 2 N–H and O–H groups in total. The van der Waals surface area contributed by atoms with Crippen LogP contribution in [0.3, 0.4) is 0 Å². The van der Waals surface area contributed by atoms with Crippen LogP contribution >= 0.6 is 0 Å². The lowest BCUT2D eigenvalue weighted by Gasteiger charge is -2.38.